The second kappa shape index (κ2) is 13.3. The fourth-order valence-electron chi connectivity index (χ4n) is 7.36. The van der Waals surface area contributed by atoms with E-state index in [4.69, 9.17) is 14.2 Å². The zero-order valence-electron chi connectivity index (χ0n) is 26.3. The third-order valence-corrected chi connectivity index (χ3v) is 9.64. The summed E-state index contributed by atoms with van der Waals surface area (Å²) in [5.41, 5.74) is 4.97. The molecular weight excluding hydrogens is 604 g/mol. The van der Waals surface area contributed by atoms with E-state index in [2.05, 4.69) is 9.67 Å². The van der Waals surface area contributed by atoms with Crippen LogP contribution < -0.4 is 0 Å². The molecule has 7 rings (SSSR count). The van der Waals surface area contributed by atoms with Gasteiger partial charge in [0, 0.05) is 47.4 Å². The molecule has 8 nitrogen and oxygen atoms in total. The van der Waals surface area contributed by atoms with Crippen LogP contribution in [0.5, 0.6) is 0 Å². The van der Waals surface area contributed by atoms with Gasteiger partial charge in [0.05, 0.1) is 29.8 Å². The van der Waals surface area contributed by atoms with Crippen molar-refractivity contribution >= 4 is 33.9 Å². The zero-order chi connectivity index (χ0) is 32.5. The second-order valence-electron chi connectivity index (χ2n) is 12.4. The smallest absolute Gasteiger partial charge is 0.435 e. The van der Waals surface area contributed by atoms with Crippen LogP contribution in [-0.2, 0) is 25.6 Å². The average Bonchev–Trinajstić information content (AvgIpc) is 3.67. The summed E-state index contributed by atoms with van der Waals surface area (Å²) >= 11 is 0. The predicted octanol–water partition coefficient (Wildman–Crippen LogP) is 8.17. The first kappa shape index (κ1) is 31.1. The molecule has 2 aromatic heterocycles. The molecule has 0 atom stereocenters. The molecule has 0 unspecified atom stereocenters. The fraction of sp³-hybridized carbons (Fsp3) is 0.378. The Morgan fingerprint density at radius 3 is 2.36 bits per heavy atom. The lowest BCUT2D eigenvalue weighted by molar-refractivity contribution is -0.149. The van der Waals surface area contributed by atoms with Gasteiger partial charge in [-0.1, -0.05) is 30.3 Å². The molecule has 2 aliphatic rings. The van der Waals surface area contributed by atoms with Crippen LogP contribution >= 0.6 is 0 Å². The Bertz CT molecular complexity index is 1920. The van der Waals surface area contributed by atoms with Gasteiger partial charge in [0.25, 0.3) is 0 Å². The van der Waals surface area contributed by atoms with Crippen LogP contribution in [0, 0.1) is 17.6 Å². The van der Waals surface area contributed by atoms with Gasteiger partial charge in [-0.2, -0.15) is 9.78 Å². The maximum atomic E-state index is 14.8. The molecule has 1 saturated carbocycles. The van der Waals surface area contributed by atoms with Crippen molar-refractivity contribution in [2.45, 2.75) is 63.9 Å². The molecule has 3 heterocycles. The van der Waals surface area contributed by atoms with Crippen LogP contribution in [0.15, 0.2) is 66.9 Å². The highest BCUT2D eigenvalue weighted by Crippen LogP contribution is 2.47. The number of carbonyl (C=O) groups excluding carboxylic acids is 2. The molecule has 1 aliphatic carbocycles. The monoisotopic (exact) mass is 641 g/mol. The van der Waals surface area contributed by atoms with Gasteiger partial charge in [-0.05, 0) is 86.8 Å². The number of halogens is 2. The maximum Gasteiger partial charge on any atom is 0.435 e. The number of benzene rings is 3. The Labute approximate surface area is 271 Å². The Morgan fingerprint density at radius 2 is 1.64 bits per heavy atom. The van der Waals surface area contributed by atoms with Crippen LogP contribution in [-0.4, -0.2) is 46.2 Å². The predicted molar refractivity (Wildman–Crippen MR) is 173 cm³/mol. The third kappa shape index (κ3) is 6.02. The van der Waals surface area contributed by atoms with E-state index in [0.29, 0.717) is 49.3 Å². The maximum absolute atomic E-state index is 14.8. The van der Waals surface area contributed by atoms with Crippen molar-refractivity contribution in [2.75, 3.05) is 19.8 Å². The van der Waals surface area contributed by atoms with E-state index in [0.717, 1.165) is 59.5 Å². The summed E-state index contributed by atoms with van der Waals surface area (Å²) < 4.78 is 49.1. The van der Waals surface area contributed by atoms with Crippen molar-refractivity contribution in [1.29, 1.82) is 0 Å². The number of aromatic nitrogens is 3. The summed E-state index contributed by atoms with van der Waals surface area (Å²) in [6.45, 7) is 3.48. The van der Waals surface area contributed by atoms with E-state index < -0.39 is 17.7 Å². The Hall–Kier alpha value is -4.57. The van der Waals surface area contributed by atoms with E-state index in [1.165, 1.54) is 10.7 Å². The molecule has 0 bridgehead atoms. The van der Waals surface area contributed by atoms with Crippen molar-refractivity contribution in [3.05, 3.63) is 95.3 Å². The minimum absolute atomic E-state index is 0.103. The number of carbonyl (C=O) groups is 2. The van der Waals surface area contributed by atoms with Crippen LogP contribution in [0.25, 0.3) is 27.5 Å². The van der Waals surface area contributed by atoms with E-state index in [-0.39, 0.29) is 30.3 Å². The summed E-state index contributed by atoms with van der Waals surface area (Å²) in [6, 6.07) is 17.4. The fourth-order valence-corrected chi connectivity index (χ4v) is 7.36. The first-order chi connectivity index (χ1) is 22.9. The van der Waals surface area contributed by atoms with Gasteiger partial charge < -0.3 is 18.8 Å². The summed E-state index contributed by atoms with van der Waals surface area (Å²) in [4.78, 5) is 25.9. The minimum atomic E-state index is -0.922. The summed E-state index contributed by atoms with van der Waals surface area (Å²) in [6.07, 6.45) is 5.53. The number of fused-ring (bicyclic) bond motifs is 2. The van der Waals surface area contributed by atoms with Gasteiger partial charge in [0.2, 0.25) is 0 Å². The summed E-state index contributed by atoms with van der Waals surface area (Å²) in [5.74, 6) is -1.92. The molecule has 0 amide bonds. The van der Waals surface area contributed by atoms with Crippen LogP contribution in [0.4, 0.5) is 13.6 Å². The molecule has 0 N–H and O–H groups in total. The number of rotatable bonds is 7. The Balaban J connectivity index is 1.38. The lowest BCUT2D eigenvalue weighted by Crippen LogP contribution is -2.24. The van der Waals surface area contributed by atoms with Crippen LogP contribution in [0.2, 0.25) is 0 Å². The molecule has 1 saturated heterocycles. The SMILES string of the molecule is CCOC(=O)C1CCC(c2c(C3CCOCC3)n(-c3ccc(F)c(F)c3)c3cc4cnn(C(=O)OCc5ccccc5)c4cc23)CC1. The molecule has 244 valence electrons. The Morgan fingerprint density at radius 1 is 0.872 bits per heavy atom. The van der Waals surface area contributed by atoms with Gasteiger partial charge in [-0.3, -0.25) is 4.79 Å². The van der Waals surface area contributed by atoms with Gasteiger partial charge in [0.1, 0.15) is 6.61 Å². The number of hydrogen-bond acceptors (Lipinski definition) is 6. The van der Waals surface area contributed by atoms with Gasteiger partial charge in [0.15, 0.2) is 11.6 Å². The number of nitrogens with zero attached hydrogens (tertiary/aromatic N) is 3. The quantitative estimate of drug-likeness (QED) is 0.167. The highest BCUT2D eigenvalue weighted by atomic mass is 19.2. The lowest BCUT2D eigenvalue weighted by atomic mass is 9.76. The molecule has 3 aromatic carbocycles. The molecule has 2 fully saturated rings. The number of ether oxygens (including phenoxy) is 3. The largest absolute Gasteiger partial charge is 0.466 e. The van der Waals surface area contributed by atoms with E-state index in [1.807, 2.05) is 49.4 Å². The Kier molecular flexibility index (Phi) is 8.77. The van der Waals surface area contributed by atoms with E-state index >= 15 is 0 Å². The zero-order valence-corrected chi connectivity index (χ0v) is 26.3. The number of esters is 1. The molecule has 10 heteroatoms. The van der Waals surface area contributed by atoms with Crippen LogP contribution in [0.3, 0.4) is 0 Å². The van der Waals surface area contributed by atoms with E-state index in [1.54, 1.807) is 12.3 Å². The summed E-state index contributed by atoms with van der Waals surface area (Å²) in [5, 5.41) is 6.03. The van der Waals surface area contributed by atoms with Crippen LogP contribution in [0.1, 0.15) is 74.1 Å². The highest BCUT2D eigenvalue weighted by molar-refractivity contribution is 6.01. The molecule has 0 radical (unpaired) electrons. The number of hydrogen-bond donors (Lipinski definition) is 0. The lowest BCUT2D eigenvalue weighted by Gasteiger charge is -2.31. The first-order valence-corrected chi connectivity index (χ1v) is 16.4. The first-order valence-electron chi connectivity index (χ1n) is 16.4. The standard InChI is InChI=1S/C37H37F2N3O5/c1-2-46-36(43)26-10-8-24(9-11-26)34-29-20-32-27(21-40-42(32)37(44)47-22-23-6-4-3-5-7-23)18-33(29)41(28-12-13-30(38)31(39)19-28)35(34)25-14-16-45-17-15-25/h3-7,12-13,18-21,24-26H,2,8-11,14-17,22H2,1H3. The third-order valence-electron chi connectivity index (χ3n) is 9.64. The van der Waals surface area contributed by atoms with Gasteiger partial charge in [-0.15, -0.1) is 0 Å². The van der Waals surface area contributed by atoms with Crippen molar-refractivity contribution in [3.63, 3.8) is 0 Å². The second-order valence-corrected chi connectivity index (χ2v) is 12.4. The van der Waals surface area contributed by atoms with Crippen molar-refractivity contribution < 1.29 is 32.6 Å². The minimum Gasteiger partial charge on any atom is -0.466 e. The average molecular weight is 642 g/mol. The van der Waals surface area contributed by atoms with Crippen molar-refractivity contribution in [3.8, 4) is 5.69 Å². The van der Waals surface area contributed by atoms with Gasteiger partial charge in [-0.25, -0.2) is 13.6 Å². The van der Waals surface area contributed by atoms with Gasteiger partial charge >= 0.3 is 12.1 Å². The van der Waals surface area contributed by atoms with Crippen molar-refractivity contribution in [1.82, 2.24) is 14.3 Å². The van der Waals surface area contributed by atoms with Crippen molar-refractivity contribution in [2.24, 2.45) is 5.92 Å². The molecule has 5 aromatic rings. The molecule has 1 aliphatic heterocycles. The molecule has 47 heavy (non-hydrogen) atoms. The molecule has 0 spiro atoms. The molecular formula is C37H37F2N3O5. The normalized spacial score (nSPS) is 18.9. The van der Waals surface area contributed by atoms with E-state index in [9.17, 15) is 18.4 Å². The topological polar surface area (TPSA) is 84.6 Å². The summed E-state index contributed by atoms with van der Waals surface area (Å²) in [7, 11) is 0. The highest BCUT2D eigenvalue weighted by Gasteiger charge is 2.35.